The molecule has 0 spiro atoms. The Labute approximate surface area is 126 Å². The average molecular weight is 287 g/mol. The Kier molecular flexibility index (Phi) is 4.88. The van der Waals surface area contributed by atoms with Crippen molar-refractivity contribution in [1.82, 2.24) is 14.9 Å². The second-order valence-corrected chi connectivity index (χ2v) is 5.92. The second-order valence-electron chi connectivity index (χ2n) is 5.92. The summed E-state index contributed by atoms with van der Waals surface area (Å²) in [6, 6.07) is 8.81. The van der Waals surface area contributed by atoms with E-state index in [1.165, 1.54) is 18.4 Å². The van der Waals surface area contributed by atoms with Crippen LogP contribution in [0.4, 0.5) is 0 Å². The van der Waals surface area contributed by atoms with Crippen molar-refractivity contribution >= 4 is 11.0 Å². The molecule has 21 heavy (non-hydrogen) atoms. The minimum absolute atomic E-state index is 0.461. The normalized spacial score (nSPS) is 20.7. The number of ether oxygens (including phenoxy) is 1. The summed E-state index contributed by atoms with van der Waals surface area (Å²) < 4.78 is 7.96. The third-order valence-corrected chi connectivity index (χ3v) is 4.34. The number of hydrogen-bond acceptors (Lipinski definition) is 3. The van der Waals surface area contributed by atoms with E-state index in [2.05, 4.69) is 40.0 Å². The van der Waals surface area contributed by atoms with Crippen molar-refractivity contribution in [3.05, 3.63) is 30.6 Å². The topological polar surface area (TPSA) is 39.1 Å². The number of nitrogens with one attached hydrogen (secondary N) is 1. The van der Waals surface area contributed by atoms with Crippen LogP contribution < -0.4 is 5.32 Å². The molecule has 3 rings (SSSR count). The molecule has 0 amide bonds. The lowest BCUT2D eigenvalue weighted by Gasteiger charge is -2.31. The van der Waals surface area contributed by atoms with Gasteiger partial charge in [-0.3, -0.25) is 0 Å². The van der Waals surface area contributed by atoms with Gasteiger partial charge in [0.2, 0.25) is 0 Å². The van der Waals surface area contributed by atoms with Crippen molar-refractivity contribution in [2.45, 2.75) is 38.8 Å². The Morgan fingerprint density at radius 3 is 3.14 bits per heavy atom. The summed E-state index contributed by atoms with van der Waals surface area (Å²) in [6.45, 7) is 6.05. The molecule has 1 fully saturated rings. The third-order valence-electron chi connectivity index (χ3n) is 4.34. The lowest BCUT2D eigenvalue weighted by Crippen LogP contribution is -2.43. The summed E-state index contributed by atoms with van der Waals surface area (Å²) in [5.74, 6) is 0.603. The van der Waals surface area contributed by atoms with E-state index in [4.69, 9.17) is 4.74 Å². The fourth-order valence-corrected chi connectivity index (χ4v) is 3.16. The molecule has 1 aliphatic rings. The molecule has 0 aliphatic carbocycles. The minimum Gasteiger partial charge on any atom is -0.381 e. The van der Waals surface area contributed by atoms with E-state index in [1.807, 2.05) is 12.4 Å². The van der Waals surface area contributed by atoms with Crippen molar-refractivity contribution in [2.75, 3.05) is 19.8 Å². The number of aromatic nitrogens is 2. The maximum Gasteiger partial charge on any atom is 0.0958 e. The zero-order valence-corrected chi connectivity index (χ0v) is 12.8. The Morgan fingerprint density at radius 2 is 2.33 bits per heavy atom. The Balaban J connectivity index is 1.76. The summed E-state index contributed by atoms with van der Waals surface area (Å²) in [4.78, 5) is 4.50. The first kappa shape index (κ1) is 14.5. The monoisotopic (exact) mass is 287 g/mol. The first-order valence-electron chi connectivity index (χ1n) is 8.09. The molecule has 2 unspecified atom stereocenters. The van der Waals surface area contributed by atoms with Crippen LogP contribution in [-0.4, -0.2) is 35.4 Å². The van der Waals surface area contributed by atoms with Gasteiger partial charge in [-0.15, -0.1) is 0 Å². The molecular weight excluding hydrogens is 262 g/mol. The maximum absolute atomic E-state index is 5.68. The van der Waals surface area contributed by atoms with E-state index >= 15 is 0 Å². The zero-order valence-electron chi connectivity index (χ0n) is 12.8. The number of imidazole rings is 1. The van der Waals surface area contributed by atoms with Crippen LogP contribution in [0.5, 0.6) is 0 Å². The number of hydrogen-bond donors (Lipinski definition) is 1. The van der Waals surface area contributed by atoms with Gasteiger partial charge < -0.3 is 14.6 Å². The van der Waals surface area contributed by atoms with Crippen molar-refractivity contribution < 1.29 is 4.74 Å². The highest BCUT2D eigenvalue weighted by atomic mass is 16.5. The summed E-state index contributed by atoms with van der Waals surface area (Å²) in [5.41, 5.74) is 2.30. The highest BCUT2D eigenvalue weighted by Crippen LogP contribution is 2.20. The van der Waals surface area contributed by atoms with Crippen LogP contribution in [0.2, 0.25) is 0 Å². The standard InChI is InChI=1S/C17H25N3O/c1-2-9-18-16(14-6-5-10-21-12-14)11-20-13-19-15-7-3-4-8-17(15)20/h3-4,7-8,13-14,16,18H,2,5-6,9-12H2,1H3. The van der Waals surface area contributed by atoms with Crippen LogP contribution in [0.25, 0.3) is 11.0 Å². The second kappa shape index (κ2) is 7.05. The molecule has 1 saturated heterocycles. The first-order valence-corrected chi connectivity index (χ1v) is 8.09. The van der Waals surface area contributed by atoms with Crippen LogP contribution in [-0.2, 0) is 11.3 Å². The van der Waals surface area contributed by atoms with Crippen LogP contribution in [0.3, 0.4) is 0 Å². The zero-order chi connectivity index (χ0) is 14.5. The largest absolute Gasteiger partial charge is 0.381 e. The Hall–Kier alpha value is -1.39. The fourth-order valence-electron chi connectivity index (χ4n) is 3.16. The van der Waals surface area contributed by atoms with E-state index in [0.29, 0.717) is 12.0 Å². The van der Waals surface area contributed by atoms with Gasteiger partial charge in [-0.05, 0) is 43.9 Å². The summed E-state index contributed by atoms with van der Waals surface area (Å²) in [7, 11) is 0. The van der Waals surface area contributed by atoms with E-state index in [0.717, 1.165) is 38.2 Å². The van der Waals surface area contributed by atoms with Gasteiger partial charge in [0.1, 0.15) is 0 Å². The quantitative estimate of drug-likeness (QED) is 0.888. The Bertz CT molecular complexity index is 560. The van der Waals surface area contributed by atoms with Gasteiger partial charge in [0.25, 0.3) is 0 Å². The molecule has 114 valence electrons. The lowest BCUT2D eigenvalue weighted by atomic mass is 9.93. The van der Waals surface area contributed by atoms with E-state index in [-0.39, 0.29) is 0 Å². The van der Waals surface area contributed by atoms with Crippen molar-refractivity contribution in [3.8, 4) is 0 Å². The SMILES string of the molecule is CCCNC(Cn1cnc2ccccc21)C1CCCOC1. The molecule has 0 bridgehead atoms. The highest BCUT2D eigenvalue weighted by molar-refractivity contribution is 5.74. The van der Waals surface area contributed by atoms with Gasteiger partial charge in [0, 0.05) is 19.2 Å². The number of para-hydroxylation sites is 2. The number of benzene rings is 1. The lowest BCUT2D eigenvalue weighted by molar-refractivity contribution is 0.0367. The van der Waals surface area contributed by atoms with Crippen molar-refractivity contribution in [2.24, 2.45) is 5.92 Å². The predicted octanol–water partition coefficient (Wildman–Crippen LogP) is 2.83. The van der Waals surface area contributed by atoms with Crippen LogP contribution in [0, 0.1) is 5.92 Å². The van der Waals surface area contributed by atoms with Crippen LogP contribution in [0.1, 0.15) is 26.2 Å². The molecule has 1 aromatic carbocycles. The van der Waals surface area contributed by atoms with Gasteiger partial charge in [-0.2, -0.15) is 0 Å². The van der Waals surface area contributed by atoms with Crippen molar-refractivity contribution in [1.29, 1.82) is 0 Å². The smallest absolute Gasteiger partial charge is 0.0958 e. The maximum atomic E-state index is 5.68. The molecule has 2 aromatic rings. The number of rotatable bonds is 6. The van der Waals surface area contributed by atoms with Crippen molar-refractivity contribution in [3.63, 3.8) is 0 Å². The molecule has 2 heterocycles. The summed E-state index contributed by atoms with van der Waals surface area (Å²) in [6.07, 6.45) is 5.57. The van der Waals surface area contributed by atoms with E-state index in [1.54, 1.807) is 0 Å². The molecule has 1 N–H and O–H groups in total. The van der Waals surface area contributed by atoms with Gasteiger partial charge in [-0.25, -0.2) is 4.98 Å². The molecule has 0 radical (unpaired) electrons. The molecule has 2 atom stereocenters. The van der Waals surface area contributed by atoms with Gasteiger partial charge >= 0.3 is 0 Å². The van der Waals surface area contributed by atoms with Gasteiger partial charge in [0.15, 0.2) is 0 Å². The highest BCUT2D eigenvalue weighted by Gasteiger charge is 2.24. The molecule has 1 aliphatic heterocycles. The van der Waals surface area contributed by atoms with Gasteiger partial charge in [-0.1, -0.05) is 19.1 Å². The number of fused-ring (bicyclic) bond motifs is 1. The molecular formula is C17H25N3O. The number of nitrogens with zero attached hydrogens (tertiary/aromatic N) is 2. The predicted molar refractivity (Wildman–Crippen MR) is 85.4 cm³/mol. The van der Waals surface area contributed by atoms with Crippen LogP contribution >= 0.6 is 0 Å². The van der Waals surface area contributed by atoms with E-state index in [9.17, 15) is 0 Å². The molecule has 4 heteroatoms. The fraction of sp³-hybridized carbons (Fsp3) is 0.588. The summed E-state index contributed by atoms with van der Waals surface area (Å²) >= 11 is 0. The first-order chi connectivity index (χ1) is 10.4. The average Bonchev–Trinajstić information content (AvgIpc) is 2.95. The minimum atomic E-state index is 0.461. The Morgan fingerprint density at radius 1 is 1.43 bits per heavy atom. The molecule has 0 saturated carbocycles. The summed E-state index contributed by atoms with van der Waals surface area (Å²) in [5, 5.41) is 3.71. The van der Waals surface area contributed by atoms with Gasteiger partial charge in [0.05, 0.1) is 24.0 Å². The van der Waals surface area contributed by atoms with Crippen LogP contribution in [0.15, 0.2) is 30.6 Å². The third kappa shape index (κ3) is 3.44. The molecule has 4 nitrogen and oxygen atoms in total. The molecule has 1 aromatic heterocycles. The van der Waals surface area contributed by atoms with E-state index < -0.39 is 0 Å².